The number of hydrogen-bond acceptors (Lipinski definition) is 5. The lowest BCUT2D eigenvalue weighted by Crippen LogP contribution is -2.81. The molecule has 1 spiro atoms. The molecule has 158 valence electrons. The second-order valence-electron chi connectivity index (χ2n) is 9.26. The Balaban J connectivity index is 1.33. The van der Waals surface area contributed by atoms with Gasteiger partial charge in [0.15, 0.2) is 0 Å². The number of hydrogen-bond donors (Lipinski definition) is 0. The van der Waals surface area contributed by atoms with Crippen LogP contribution in [0, 0.1) is 0 Å². The Hall–Kier alpha value is -1.63. The summed E-state index contributed by atoms with van der Waals surface area (Å²) in [5.41, 5.74) is 0.848. The molecular formula is C23H33N3O3. The molecule has 5 rings (SSSR count). The van der Waals surface area contributed by atoms with Gasteiger partial charge < -0.3 is 14.4 Å². The van der Waals surface area contributed by atoms with E-state index in [4.69, 9.17) is 9.47 Å². The second-order valence-corrected chi connectivity index (χ2v) is 9.26. The number of amides is 1. The van der Waals surface area contributed by atoms with Crippen molar-refractivity contribution in [1.29, 1.82) is 0 Å². The number of fused-ring (bicyclic) bond motifs is 2. The predicted octanol–water partition coefficient (Wildman–Crippen LogP) is 2.24. The SMILES string of the molecule is COc1ccc(C(=O)N2CC3COCCN3C3(C2)CN(C2CCCCC2)C3)cc1. The molecule has 1 aromatic rings. The average Bonchev–Trinajstić information content (AvgIpc) is 2.77. The maximum absolute atomic E-state index is 13.3. The highest BCUT2D eigenvalue weighted by Gasteiger charge is 2.55. The number of carbonyl (C=O) groups excluding carboxylic acids is 1. The van der Waals surface area contributed by atoms with Gasteiger partial charge in [-0.25, -0.2) is 0 Å². The van der Waals surface area contributed by atoms with Crippen LogP contribution in [-0.2, 0) is 4.74 Å². The van der Waals surface area contributed by atoms with Crippen molar-refractivity contribution in [3.8, 4) is 5.75 Å². The molecule has 4 aliphatic rings. The van der Waals surface area contributed by atoms with Gasteiger partial charge in [-0.15, -0.1) is 0 Å². The summed E-state index contributed by atoms with van der Waals surface area (Å²) in [5.74, 6) is 0.916. The van der Waals surface area contributed by atoms with Crippen molar-refractivity contribution in [3.05, 3.63) is 29.8 Å². The van der Waals surface area contributed by atoms with Gasteiger partial charge in [0.25, 0.3) is 5.91 Å². The number of ether oxygens (including phenoxy) is 2. The molecule has 0 N–H and O–H groups in total. The normalized spacial score (nSPS) is 28.0. The fraction of sp³-hybridized carbons (Fsp3) is 0.696. The molecule has 1 aliphatic carbocycles. The first-order chi connectivity index (χ1) is 14.2. The highest BCUT2D eigenvalue weighted by molar-refractivity contribution is 5.94. The van der Waals surface area contributed by atoms with Crippen molar-refractivity contribution in [1.82, 2.24) is 14.7 Å². The van der Waals surface area contributed by atoms with Crippen molar-refractivity contribution >= 4 is 5.91 Å². The van der Waals surface area contributed by atoms with Crippen LogP contribution in [0.25, 0.3) is 0 Å². The molecule has 1 unspecified atom stereocenters. The molecule has 3 aliphatic heterocycles. The Kier molecular flexibility index (Phi) is 5.26. The predicted molar refractivity (Wildman–Crippen MR) is 111 cm³/mol. The zero-order valence-corrected chi connectivity index (χ0v) is 17.5. The standard InChI is InChI=1S/C23H33N3O3/c1-28-21-9-7-18(8-10-21)22(27)24-13-20-14-29-12-11-26(20)23(15-24)16-25(17-23)19-5-3-2-4-6-19/h7-10,19-20H,2-6,11-17H2,1H3. The van der Waals surface area contributed by atoms with E-state index in [1.54, 1.807) is 7.11 Å². The number of benzene rings is 1. The largest absolute Gasteiger partial charge is 0.497 e. The van der Waals surface area contributed by atoms with E-state index >= 15 is 0 Å². The van der Waals surface area contributed by atoms with Crippen LogP contribution in [0.2, 0.25) is 0 Å². The Morgan fingerprint density at radius 3 is 2.55 bits per heavy atom. The van der Waals surface area contributed by atoms with Crippen LogP contribution in [-0.4, -0.2) is 91.3 Å². The van der Waals surface area contributed by atoms with Crippen LogP contribution in [0.3, 0.4) is 0 Å². The van der Waals surface area contributed by atoms with Crippen molar-refractivity contribution < 1.29 is 14.3 Å². The fourth-order valence-electron chi connectivity index (χ4n) is 5.96. The quantitative estimate of drug-likeness (QED) is 0.780. The van der Waals surface area contributed by atoms with Gasteiger partial charge in [0.2, 0.25) is 0 Å². The number of likely N-dealkylation sites (tertiary alicyclic amines) is 1. The van der Waals surface area contributed by atoms with E-state index in [0.29, 0.717) is 6.04 Å². The molecule has 1 aromatic carbocycles. The summed E-state index contributed by atoms with van der Waals surface area (Å²) < 4.78 is 11.0. The molecule has 29 heavy (non-hydrogen) atoms. The molecule has 6 heteroatoms. The number of methoxy groups -OCH3 is 1. The highest BCUT2D eigenvalue weighted by atomic mass is 16.5. The van der Waals surface area contributed by atoms with Gasteiger partial charge >= 0.3 is 0 Å². The number of rotatable bonds is 3. The molecule has 3 saturated heterocycles. The van der Waals surface area contributed by atoms with Crippen LogP contribution >= 0.6 is 0 Å². The Morgan fingerprint density at radius 1 is 1.07 bits per heavy atom. The van der Waals surface area contributed by atoms with Gasteiger partial charge in [-0.05, 0) is 37.1 Å². The van der Waals surface area contributed by atoms with Gasteiger partial charge in [0.05, 0.1) is 31.9 Å². The van der Waals surface area contributed by atoms with E-state index < -0.39 is 0 Å². The summed E-state index contributed by atoms with van der Waals surface area (Å²) in [5, 5.41) is 0. The number of piperazine rings is 1. The molecule has 1 amide bonds. The van der Waals surface area contributed by atoms with E-state index in [9.17, 15) is 4.79 Å². The van der Waals surface area contributed by atoms with Crippen molar-refractivity contribution in [3.63, 3.8) is 0 Å². The van der Waals surface area contributed by atoms with Crippen LogP contribution in [0.5, 0.6) is 5.75 Å². The van der Waals surface area contributed by atoms with Crippen molar-refractivity contribution in [2.45, 2.75) is 49.7 Å². The zero-order chi connectivity index (χ0) is 19.8. The van der Waals surface area contributed by atoms with Gasteiger partial charge in [0.1, 0.15) is 5.75 Å². The Labute approximate surface area is 173 Å². The van der Waals surface area contributed by atoms with Crippen molar-refractivity contribution in [2.24, 2.45) is 0 Å². The minimum atomic E-state index is 0.103. The molecule has 6 nitrogen and oxygen atoms in total. The summed E-state index contributed by atoms with van der Waals surface area (Å²) in [7, 11) is 1.65. The molecule has 4 fully saturated rings. The first kappa shape index (κ1) is 19.3. The maximum atomic E-state index is 13.3. The first-order valence-corrected chi connectivity index (χ1v) is 11.2. The van der Waals surface area contributed by atoms with E-state index in [-0.39, 0.29) is 11.4 Å². The minimum Gasteiger partial charge on any atom is -0.497 e. The molecule has 0 bridgehead atoms. The molecule has 1 atom stereocenters. The number of nitrogens with zero attached hydrogens (tertiary/aromatic N) is 3. The Morgan fingerprint density at radius 2 is 1.83 bits per heavy atom. The van der Waals surface area contributed by atoms with E-state index in [1.807, 2.05) is 24.3 Å². The monoisotopic (exact) mass is 399 g/mol. The van der Waals surface area contributed by atoms with Gasteiger partial charge in [-0.1, -0.05) is 19.3 Å². The topological polar surface area (TPSA) is 45.2 Å². The van der Waals surface area contributed by atoms with Gasteiger partial charge in [-0.2, -0.15) is 0 Å². The van der Waals surface area contributed by atoms with Crippen LogP contribution in [0.1, 0.15) is 42.5 Å². The number of carbonyl (C=O) groups is 1. The smallest absolute Gasteiger partial charge is 0.253 e. The molecular weight excluding hydrogens is 366 g/mol. The van der Waals surface area contributed by atoms with Crippen LogP contribution < -0.4 is 4.74 Å². The lowest BCUT2D eigenvalue weighted by atomic mass is 9.79. The summed E-state index contributed by atoms with van der Waals surface area (Å²) >= 11 is 0. The zero-order valence-electron chi connectivity index (χ0n) is 17.5. The first-order valence-electron chi connectivity index (χ1n) is 11.2. The molecule has 3 heterocycles. The molecule has 0 aromatic heterocycles. The van der Waals surface area contributed by atoms with E-state index in [2.05, 4.69) is 14.7 Å². The maximum Gasteiger partial charge on any atom is 0.253 e. The Bertz CT molecular complexity index is 725. The third-order valence-electron chi connectivity index (χ3n) is 7.46. The van der Waals surface area contributed by atoms with Gasteiger partial charge in [0, 0.05) is 44.3 Å². The van der Waals surface area contributed by atoms with Gasteiger partial charge in [-0.3, -0.25) is 14.6 Å². The average molecular weight is 400 g/mol. The summed E-state index contributed by atoms with van der Waals surface area (Å²) in [6, 6.07) is 8.57. The third-order valence-corrected chi connectivity index (χ3v) is 7.46. The minimum absolute atomic E-state index is 0.103. The summed E-state index contributed by atoms with van der Waals surface area (Å²) in [4.78, 5) is 20.7. The number of morpholine rings is 1. The third kappa shape index (κ3) is 3.56. The van der Waals surface area contributed by atoms with E-state index in [0.717, 1.165) is 63.3 Å². The summed E-state index contributed by atoms with van der Waals surface area (Å²) in [6.07, 6.45) is 6.83. The van der Waals surface area contributed by atoms with Crippen LogP contribution in [0.15, 0.2) is 24.3 Å². The highest BCUT2D eigenvalue weighted by Crippen LogP contribution is 2.39. The second kappa shape index (κ2) is 7.89. The molecule has 1 saturated carbocycles. The lowest BCUT2D eigenvalue weighted by molar-refractivity contribution is -0.168. The summed E-state index contributed by atoms with van der Waals surface area (Å²) in [6.45, 7) is 6.33. The van der Waals surface area contributed by atoms with Crippen molar-refractivity contribution in [2.75, 3.05) is 53.0 Å². The van der Waals surface area contributed by atoms with Crippen LogP contribution in [0.4, 0.5) is 0 Å². The van der Waals surface area contributed by atoms with E-state index in [1.165, 1.54) is 32.1 Å². The fourth-order valence-corrected chi connectivity index (χ4v) is 5.96. The molecule has 0 radical (unpaired) electrons. The lowest BCUT2D eigenvalue weighted by Gasteiger charge is -2.64.